The van der Waals surface area contributed by atoms with Gasteiger partial charge < -0.3 is 20.1 Å². The maximum Gasteiger partial charge on any atom is 0.243 e. The van der Waals surface area contributed by atoms with Crippen molar-refractivity contribution in [2.75, 3.05) is 32.6 Å². The van der Waals surface area contributed by atoms with Crippen LogP contribution < -0.4 is 24.8 Å². The molecule has 0 unspecified atom stereocenters. The summed E-state index contributed by atoms with van der Waals surface area (Å²) < 4.78 is 37.3. The van der Waals surface area contributed by atoms with Crippen LogP contribution in [0.15, 0.2) is 47.4 Å². The van der Waals surface area contributed by atoms with Gasteiger partial charge in [0.15, 0.2) is 11.5 Å². The molecule has 2 rings (SSSR count). The van der Waals surface area contributed by atoms with Crippen LogP contribution in [0.25, 0.3) is 0 Å². The lowest BCUT2D eigenvalue weighted by atomic mass is 10.2. The van der Waals surface area contributed by atoms with Crippen LogP contribution in [-0.4, -0.2) is 47.5 Å². The SMILES string of the molecule is C#Cc1cccc(NC(=O)CNC(=O)CCNS(=O)(=O)c2ccc(OC)c(OC)c2)c1. The Labute approximate surface area is 181 Å². The van der Waals surface area contributed by atoms with Gasteiger partial charge in [0.25, 0.3) is 0 Å². The molecule has 2 amide bonds. The van der Waals surface area contributed by atoms with Gasteiger partial charge in [0.05, 0.1) is 25.7 Å². The van der Waals surface area contributed by atoms with Gasteiger partial charge in [-0.1, -0.05) is 12.0 Å². The van der Waals surface area contributed by atoms with E-state index in [1.807, 2.05) is 0 Å². The molecule has 9 nitrogen and oxygen atoms in total. The Morgan fingerprint density at radius 1 is 1.03 bits per heavy atom. The van der Waals surface area contributed by atoms with Crippen LogP contribution in [0.1, 0.15) is 12.0 Å². The molecule has 0 bridgehead atoms. The molecule has 10 heteroatoms. The van der Waals surface area contributed by atoms with E-state index in [4.69, 9.17) is 15.9 Å². The average Bonchev–Trinajstić information content (AvgIpc) is 2.77. The molecule has 0 aliphatic heterocycles. The number of ether oxygens (including phenoxy) is 2. The molecule has 0 aliphatic carbocycles. The second-order valence-electron chi connectivity index (χ2n) is 6.21. The van der Waals surface area contributed by atoms with E-state index >= 15 is 0 Å². The third kappa shape index (κ3) is 7.02. The number of amides is 2. The van der Waals surface area contributed by atoms with Crippen LogP contribution >= 0.6 is 0 Å². The molecule has 0 aliphatic rings. The zero-order chi connectivity index (χ0) is 22.9. The molecule has 0 aromatic heterocycles. The van der Waals surface area contributed by atoms with E-state index < -0.39 is 21.8 Å². The van der Waals surface area contributed by atoms with Crippen molar-refractivity contribution in [1.82, 2.24) is 10.0 Å². The summed E-state index contributed by atoms with van der Waals surface area (Å²) in [5.41, 5.74) is 1.13. The number of hydrogen-bond acceptors (Lipinski definition) is 6. The van der Waals surface area contributed by atoms with Gasteiger partial charge >= 0.3 is 0 Å². The third-order valence-corrected chi connectivity index (χ3v) is 5.53. The van der Waals surface area contributed by atoms with Crippen molar-refractivity contribution in [1.29, 1.82) is 0 Å². The van der Waals surface area contributed by atoms with Crippen LogP contribution in [0.4, 0.5) is 5.69 Å². The molecule has 0 atom stereocenters. The number of anilines is 1. The Morgan fingerprint density at radius 2 is 1.77 bits per heavy atom. The number of methoxy groups -OCH3 is 2. The molecule has 0 fully saturated rings. The van der Waals surface area contributed by atoms with Crippen LogP contribution in [0.5, 0.6) is 11.5 Å². The summed E-state index contributed by atoms with van der Waals surface area (Å²) in [5.74, 6) is 2.20. The monoisotopic (exact) mass is 445 g/mol. The van der Waals surface area contributed by atoms with Gasteiger partial charge in [-0.2, -0.15) is 0 Å². The lowest BCUT2D eigenvalue weighted by Crippen LogP contribution is -2.35. The van der Waals surface area contributed by atoms with E-state index in [0.717, 1.165) is 0 Å². The summed E-state index contributed by atoms with van der Waals surface area (Å²) in [4.78, 5) is 23.8. The molecule has 31 heavy (non-hydrogen) atoms. The quantitative estimate of drug-likeness (QED) is 0.471. The largest absolute Gasteiger partial charge is 0.493 e. The Hall–Kier alpha value is -3.55. The van der Waals surface area contributed by atoms with Gasteiger partial charge in [-0.3, -0.25) is 9.59 Å². The molecule has 0 saturated carbocycles. The number of sulfonamides is 1. The van der Waals surface area contributed by atoms with Gasteiger partial charge in [-0.05, 0) is 30.3 Å². The van der Waals surface area contributed by atoms with E-state index in [1.54, 1.807) is 24.3 Å². The van der Waals surface area contributed by atoms with Crippen LogP contribution in [0.3, 0.4) is 0 Å². The lowest BCUT2D eigenvalue weighted by molar-refractivity contribution is -0.124. The summed E-state index contributed by atoms with van der Waals surface area (Å²) >= 11 is 0. The third-order valence-electron chi connectivity index (χ3n) is 4.07. The molecule has 3 N–H and O–H groups in total. The van der Waals surface area contributed by atoms with Crippen molar-refractivity contribution in [2.24, 2.45) is 0 Å². The number of rotatable bonds is 10. The number of terminal acetylenes is 1. The van der Waals surface area contributed by atoms with Gasteiger partial charge in [-0.15, -0.1) is 6.42 Å². The van der Waals surface area contributed by atoms with Crippen molar-refractivity contribution in [3.05, 3.63) is 48.0 Å². The molecule has 2 aromatic carbocycles. The number of benzene rings is 2. The highest BCUT2D eigenvalue weighted by Gasteiger charge is 2.17. The van der Waals surface area contributed by atoms with E-state index in [1.165, 1.54) is 32.4 Å². The number of hydrogen-bond donors (Lipinski definition) is 3. The predicted octanol–water partition coefficient (Wildman–Crippen LogP) is 1.11. The number of carbonyl (C=O) groups is 2. The van der Waals surface area contributed by atoms with Gasteiger partial charge in [0.1, 0.15) is 0 Å². The van der Waals surface area contributed by atoms with Crippen LogP contribution in [-0.2, 0) is 19.6 Å². The molecule has 0 saturated heterocycles. The fraction of sp³-hybridized carbons (Fsp3) is 0.238. The minimum absolute atomic E-state index is 0.0286. The normalized spacial score (nSPS) is 10.6. The summed E-state index contributed by atoms with van der Waals surface area (Å²) in [6.45, 7) is -0.407. The first-order valence-corrected chi connectivity index (χ1v) is 10.6. The first-order valence-electron chi connectivity index (χ1n) is 9.14. The smallest absolute Gasteiger partial charge is 0.243 e. The van der Waals surface area contributed by atoms with Crippen molar-refractivity contribution in [3.8, 4) is 23.8 Å². The minimum Gasteiger partial charge on any atom is -0.493 e. The Balaban J connectivity index is 1.80. The summed E-state index contributed by atoms with van der Waals surface area (Å²) in [6, 6.07) is 10.9. The van der Waals surface area contributed by atoms with Gasteiger partial charge in [-0.25, -0.2) is 13.1 Å². The highest BCUT2D eigenvalue weighted by atomic mass is 32.2. The lowest BCUT2D eigenvalue weighted by Gasteiger charge is -2.11. The van der Waals surface area contributed by atoms with Crippen molar-refractivity contribution < 1.29 is 27.5 Å². The maximum atomic E-state index is 12.4. The topological polar surface area (TPSA) is 123 Å². The zero-order valence-corrected chi connectivity index (χ0v) is 17.9. The minimum atomic E-state index is -3.85. The summed E-state index contributed by atoms with van der Waals surface area (Å²) in [7, 11) is -1.01. The number of nitrogens with one attached hydrogen (secondary N) is 3. The number of carbonyl (C=O) groups excluding carboxylic acids is 2. The fourth-order valence-corrected chi connectivity index (χ4v) is 3.57. The highest BCUT2D eigenvalue weighted by molar-refractivity contribution is 7.89. The highest BCUT2D eigenvalue weighted by Crippen LogP contribution is 2.29. The Kier molecular flexibility index (Phi) is 8.43. The molecule has 0 radical (unpaired) electrons. The average molecular weight is 445 g/mol. The molecule has 0 heterocycles. The summed E-state index contributed by atoms with van der Waals surface area (Å²) in [5, 5.41) is 5.04. The second-order valence-corrected chi connectivity index (χ2v) is 7.98. The summed E-state index contributed by atoms with van der Waals surface area (Å²) in [6.07, 6.45) is 5.16. The van der Waals surface area contributed by atoms with Crippen LogP contribution in [0, 0.1) is 12.3 Å². The standard InChI is InChI=1S/C21H23N3O6S/c1-4-15-6-5-7-16(12-15)24-21(26)14-22-20(25)10-11-23-31(27,28)17-8-9-18(29-2)19(13-17)30-3/h1,5-9,12-13,23H,10-11,14H2,2-3H3,(H,22,25)(H,24,26). The van der Waals surface area contributed by atoms with Gasteiger partial charge in [0, 0.05) is 30.3 Å². The predicted molar refractivity (Wildman–Crippen MR) is 115 cm³/mol. The van der Waals surface area contributed by atoms with E-state index in [-0.39, 0.29) is 30.2 Å². The maximum absolute atomic E-state index is 12.4. The molecular weight excluding hydrogens is 422 g/mol. The van der Waals surface area contributed by atoms with Crippen molar-refractivity contribution >= 4 is 27.5 Å². The Bertz CT molecular complexity index is 1090. The first kappa shape index (κ1) is 23.7. The molecule has 2 aromatic rings. The van der Waals surface area contributed by atoms with E-state index in [0.29, 0.717) is 17.0 Å². The fourth-order valence-electron chi connectivity index (χ4n) is 2.53. The van der Waals surface area contributed by atoms with E-state index in [9.17, 15) is 18.0 Å². The van der Waals surface area contributed by atoms with Crippen LogP contribution in [0.2, 0.25) is 0 Å². The Morgan fingerprint density at radius 3 is 2.45 bits per heavy atom. The second kappa shape index (κ2) is 11.0. The van der Waals surface area contributed by atoms with Crippen molar-refractivity contribution in [3.63, 3.8) is 0 Å². The van der Waals surface area contributed by atoms with Crippen molar-refractivity contribution in [2.45, 2.75) is 11.3 Å². The van der Waals surface area contributed by atoms with Gasteiger partial charge in [0.2, 0.25) is 21.8 Å². The van der Waals surface area contributed by atoms with E-state index in [2.05, 4.69) is 21.3 Å². The molecule has 0 spiro atoms. The molecular formula is C21H23N3O6S. The molecule has 164 valence electrons. The zero-order valence-electron chi connectivity index (χ0n) is 17.1. The first-order chi connectivity index (χ1) is 14.8.